The Morgan fingerprint density at radius 2 is 1.92 bits per heavy atom. The predicted molar refractivity (Wildman–Crippen MR) is 150 cm³/mol. The molecule has 0 atom stereocenters. The standard InChI is InChI=1S/C29H30ClN7O2/c1-16(2)19-11-12-31-22(14-19)28-34-25-24(37(28)15-18-9-7-17(3)8-10-18)23(20-5-4-6-21(30)13-20)32-26(33-25)27-35-29(38)39-36-27/h4-6,11-14,16-18H,7-10,15H2,1-3H3,(H,35,36,38). The molecule has 1 aromatic carbocycles. The molecule has 0 saturated heterocycles. The van der Waals surface area contributed by atoms with Gasteiger partial charge in [0.25, 0.3) is 0 Å². The summed E-state index contributed by atoms with van der Waals surface area (Å²) in [5.74, 6) is 2.03. The van der Waals surface area contributed by atoms with Crippen LogP contribution in [0.1, 0.15) is 57.9 Å². The lowest BCUT2D eigenvalue weighted by Gasteiger charge is -2.27. The fraction of sp³-hybridized carbons (Fsp3) is 0.379. The normalized spacial score (nSPS) is 17.8. The summed E-state index contributed by atoms with van der Waals surface area (Å²) in [4.78, 5) is 33.6. The first-order valence-electron chi connectivity index (χ1n) is 13.4. The third kappa shape index (κ3) is 5.11. The highest BCUT2D eigenvalue weighted by molar-refractivity contribution is 6.30. The molecule has 200 valence electrons. The van der Waals surface area contributed by atoms with Crippen LogP contribution in [-0.2, 0) is 6.54 Å². The number of benzene rings is 1. The molecule has 0 spiro atoms. The molecule has 0 unspecified atom stereocenters. The zero-order valence-corrected chi connectivity index (χ0v) is 22.9. The van der Waals surface area contributed by atoms with E-state index in [1.165, 1.54) is 18.4 Å². The lowest BCUT2D eigenvalue weighted by molar-refractivity contribution is 0.267. The van der Waals surface area contributed by atoms with E-state index in [9.17, 15) is 4.79 Å². The van der Waals surface area contributed by atoms with Gasteiger partial charge in [0.05, 0.1) is 0 Å². The Balaban J connectivity index is 1.62. The van der Waals surface area contributed by atoms with Crippen molar-refractivity contribution in [1.82, 2.24) is 34.6 Å². The van der Waals surface area contributed by atoms with Crippen LogP contribution in [0.5, 0.6) is 0 Å². The number of nitrogens with zero attached hydrogens (tertiary/aromatic N) is 6. The lowest BCUT2D eigenvalue weighted by Crippen LogP contribution is -2.18. The summed E-state index contributed by atoms with van der Waals surface area (Å²) in [6.45, 7) is 7.44. The maximum absolute atomic E-state index is 11.7. The second-order valence-corrected chi connectivity index (χ2v) is 11.3. The maximum atomic E-state index is 11.7. The van der Waals surface area contributed by atoms with Crippen molar-refractivity contribution in [2.24, 2.45) is 11.8 Å². The summed E-state index contributed by atoms with van der Waals surface area (Å²) in [6.07, 6.45) is 6.59. The van der Waals surface area contributed by atoms with Gasteiger partial charge in [0, 0.05) is 23.3 Å². The van der Waals surface area contributed by atoms with Gasteiger partial charge in [0.2, 0.25) is 11.6 Å². The Hall–Kier alpha value is -3.85. The molecule has 1 saturated carbocycles. The smallest absolute Gasteiger partial charge is 0.319 e. The minimum absolute atomic E-state index is 0.141. The fourth-order valence-corrected chi connectivity index (χ4v) is 5.57. The van der Waals surface area contributed by atoms with Gasteiger partial charge in [0.1, 0.15) is 16.9 Å². The van der Waals surface area contributed by atoms with Gasteiger partial charge in [-0.2, -0.15) is 0 Å². The van der Waals surface area contributed by atoms with Crippen LogP contribution < -0.4 is 5.76 Å². The van der Waals surface area contributed by atoms with Crippen molar-refractivity contribution in [3.8, 4) is 34.4 Å². The van der Waals surface area contributed by atoms with Crippen molar-refractivity contribution in [1.29, 1.82) is 0 Å². The number of imidazole rings is 1. The van der Waals surface area contributed by atoms with Crippen LogP contribution >= 0.6 is 11.6 Å². The first kappa shape index (κ1) is 25.4. The first-order valence-corrected chi connectivity index (χ1v) is 13.8. The molecule has 1 fully saturated rings. The largest absolute Gasteiger partial charge is 0.439 e. The molecule has 4 aromatic heterocycles. The van der Waals surface area contributed by atoms with E-state index in [0.29, 0.717) is 28.2 Å². The van der Waals surface area contributed by atoms with Crippen LogP contribution in [0.3, 0.4) is 0 Å². The van der Waals surface area contributed by atoms with E-state index in [2.05, 4.69) is 41.5 Å². The van der Waals surface area contributed by atoms with Crippen LogP contribution in [-0.4, -0.2) is 34.6 Å². The Morgan fingerprint density at radius 1 is 1.10 bits per heavy atom. The zero-order valence-electron chi connectivity index (χ0n) is 22.2. The number of fused-ring (bicyclic) bond motifs is 1. The summed E-state index contributed by atoms with van der Waals surface area (Å²) in [5, 5.41) is 4.42. The predicted octanol–water partition coefficient (Wildman–Crippen LogP) is 6.50. The second kappa shape index (κ2) is 10.4. The van der Waals surface area contributed by atoms with Crippen molar-refractivity contribution < 1.29 is 4.52 Å². The molecular formula is C29H30ClN7O2. The lowest BCUT2D eigenvalue weighted by atomic mass is 9.83. The SMILES string of the molecule is CC1CCC(Cn2c(-c3cc(C(C)C)ccn3)nc3nc(-c4noc(=O)[nH]4)nc(-c4cccc(Cl)c4)c32)CC1. The highest BCUT2D eigenvalue weighted by atomic mass is 35.5. The number of hydrogen-bond donors (Lipinski definition) is 1. The second-order valence-electron chi connectivity index (χ2n) is 10.8. The molecule has 5 aromatic rings. The molecule has 0 radical (unpaired) electrons. The van der Waals surface area contributed by atoms with Crippen LogP contribution in [0.4, 0.5) is 0 Å². The van der Waals surface area contributed by atoms with Gasteiger partial charge in [0.15, 0.2) is 11.5 Å². The average molecular weight is 544 g/mol. The molecule has 1 N–H and O–H groups in total. The summed E-state index contributed by atoms with van der Waals surface area (Å²) in [6, 6.07) is 11.7. The summed E-state index contributed by atoms with van der Waals surface area (Å²) in [5.41, 5.74) is 4.75. The van der Waals surface area contributed by atoms with Crippen molar-refractivity contribution in [3.63, 3.8) is 0 Å². The molecule has 0 bridgehead atoms. The molecule has 0 amide bonds. The van der Waals surface area contributed by atoms with Gasteiger partial charge < -0.3 is 4.57 Å². The van der Waals surface area contributed by atoms with E-state index in [1.807, 2.05) is 36.5 Å². The van der Waals surface area contributed by atoms with Crippen LogP contribution in [0.15, 0.2) is 51.9 Å². The van der Waals surface area contributed by atoms with Crippen LogP contribution in [0.2, 0.25) is 5.02 Å². The van der Waals surface area contributed by atoms with E-state index in [-0.39, 0.29) is 11.6 Å². The third-order valence-electron chi connectivity index (χ3n) is 7.61. The molecule has 6 rings (SSSR count). The van der Waals surface area contributed by atoms with Gasteiger partial charge in [-0.3, -0.25) is 14.5 Å². The van der Waals surface area contributed by atoms with E-state index in [1.54, 1.807) is 0 Å². The van der Waals surface area contributed by atoms with Crippen LogP contribution in [0.25, 0.3) is 45.6 Å². The van der Waals surface area contributed by atoms with Crippen molar-refractivity contribution in [3.05, 3.63) is 63.7 Å². The van der Waals surface area contributed by atoms with Gasteiger partial charge in [-0.1, -0.05) is 62.5 Å². The first-order chi connectivity index (χ1) is 18.9. The number of H-pyrrole nitrogens is 1. The highest BCUT2D eigenvalue weighted by Crippen LogP contribution is 2.36. The minimum atomic E-state index is -0.676. The monoisotopic (exact) mass is 543 g/mol. The number of nitrogens with one attached hydrogen (secondary N) is 1. The number of halogens is 1. The number of pyridine rings is 1. The Morgan fingerprint density at radius 3 is 2.64 bits per heavy atom. The fourth-order valence-electron chi connectivity index (χ4n) is 5.38. The number of hydrogen-bond acceptors (Lipinski definition) is 7. The van der Waals surface area contributed by atoms with Crippen molar-refractivity contribution in [2.45, 2.75) is 58.9 Å². The number of aromatic amines is 1. The van der Waals surface area contributed by atoms with E-state index in [0.717, 1.165) is 47.9 Å². The molecule has 1 aliphatic rings. The molecule has 39 heavy (non-hydrogen) atoms. The quantitative estimate of drug-likeness (QED) is 0.260. The van der Waals surface area contributed by atoms with Gasteiger partial charge in [-0.05, 0) is 60.4 Å². The van der Waals surface area contributed by atoms with E-state index < -0.39 is 5.76 Å². The molecule has 0 aliphatic heterocycles. The minimum Gasteiger partial charge on any atom is -0.319 e. The third-order valence-corrected chi connectivity index (χ3v) is 7.84. The number of rotatable bonds is 6. The Bertz CT molecular complexity index is 1700. The van der Waals surface area contributed by atoms with Gasteiger partial charge in [-0.15, -0.1) is 0 Å². The Labute approximate surface area is 230 Å². The Kier molecular flexibility index (Phi) is 6.76. The molecule has 1 aliphatic carbocycles. The van der Waals surface area contributed by atoms with Gasteiger partial charge in [-0.25, -0.2) is 19.7 Å². The van der Waals surface area contributed by atoms with Crippen LogP contribution in [0, 0.1) is 11.8 Å². The topological polar surface area (TPSA) is 115 Å². The number of aromatic nitrogens is 7. The van der Waals surface area contributed by atoms with Crippen molar-refractivity contribution >= 4 is 22.8 Å². The maximum Gasteiger partial charge on any atom is 0.439 e. The van der Waals surface area contributed by atoms with E-state index >= 15 is 0 Å². The molecule has 9 nitrogen and oxygen atoms in total. The molecular weight excluding hydrogens is 514 g/mol. The average Bonchev–Trinajstić information content (AvgIpc) is 3.53. The summed E-state index contributed by atoms with van der Waals surface area (Å²) in [7, 11) is 0. The highest BCUT2D eigenvalue weighted by Gasteiger charge is 2.26. The summed E-state index contributed by atoms with van der Waals surface area (Å²) < 4.78 is 6.97. The summed E-state index contributed by atoms with van der Waals surface area (Å²) >= 11 is 6.41. The molecule has 10 heteroatoms. The zero-order chi connectivity index (χ0) is 27.1. The molecule has 4 heterocycles. The van der Waals surface area contributed by atoms with Crippen molar-refractivity contribution in [2.75, 3.05) is 0 Å². The van der Waals surface area contributed by atoms with E-state index in [4.69, 9.17) is 36.1 Å². The van der Waals surface area contributed by atoms with Gasteiger partial charge >= 0.3 is 5.76 Å².